The third kappa shape index (κ3) is 9.33. The summed E-state index contributed by atoms with van der Waals surface area (Å²) in [6.45, 7) is 13.6. The van der Waals surface area contributed by atoms with Crippen LogP contribution in [-0.2, 0) is 17.0 Å². The van der Waals surface area contributed by atoms with Crippen LogP contribution in [0.5, 0.6) is 0 Å². The van der Waals surface area contributed by atoms with Gasteiger partial charge in [0.15, 0.2) is 17.5 Å². The van der Waals surface area contributed by atoms with Crippen molar-refractivity contribution in [3.63, 3.8) is 0 Å². The molecule has 0 spiro atoms. The lowest BCUT2D eigenvalue weighted by atomic mass is 9.33. The van der Waals surface area contributed by atoms with Gasteiger partial charge in [-0.15, -0.1) is 0 Å². The Morgan fingerprint density at radius 1 is 0.330 bits per heavy atom. The number of halogens is 3. The molecule has 2 aromatic heterocycles. The zero-order valence-electron chi connectivity index (χ0n) is 49.6. The van der Waals surface area contributed by atoms with Gasteiger partial charge in [-0.1, -0.05) is 205 Å². The number of fused-ring (bicyclic) bond motifs is 7. The van der Waals surface area contributed by atoms with Gasteiger partial charge in [-0.3, -0.25) is 0 Å². The van der Waals surface area contributed by atoms with Gasteiger partial charge in [-0.25, -0.2) is 15.0 Å². The Morgan fingerprint density at radius 3 is 1.17 bits per heavy atom. The van der Waals surface area contributed by atoms with Gasteiger partial charge in [-0.05, 0) is 152 Å². The number of benzene rings is 11. The number of hydrogen-bond donors (Lipinski definition) is 0. The number of rotatable bonds is 8. The third-order valence-corrected chi connectivity index (χ3v) is 17.5. The van der Waals surface area contributed by atoms with Crippen molar-refractivity contribution in [1.82, 2.24) is 19.5 Å². The van der Waals surface area contributed by atoms with Crippen LogP contribution in [0.25, 0.3) is 83.9 Å². The van der Waals surface area contributed by atoms with E-state index in [-0.39, 0.29) is 28.9 Å². The fourth-order valence-corrected chi connectivity index (χ4v) is 13.1. The Bertz CT molecular complexity index is 4670. The van der Waals surface area contributed by atoms with Crippen molar-refractivity contribution in [2.45, 2.75) is 58.5 Å². The number of anilines is 6. The number of alkyl halides is 3. The quantitative estimate of drug-likeness (QED) is 0.142. The van der Waals surface area contributed by atoms with Crippen LogP contribution in [0.15, 0.2) is 255 Å². The average Bonchev–Trinajstić information content (AvgIpc) is 2.38. The monoisotopic (exact) mass is 1150 g/mol. The second-order valence-corrected chi connectivity index (χ2v) is 25.2. The molecule has 0 saturated heterocycles. The summed E-state index contributed by atoms with van der Waals surface area (Å²) in [6.07, 6.45) is -4.67. The molecule has 2 aliphatic rings. The van der Waals surface area contributed by atoms with E-state index in [0.717, 1.165) is 84.3 Å². The van der Waals surface area contributed by atoms with Crippen LogP contribution < -0.4 is 26.2 Å². The van der Waals surface area contributed by atoms with E-state index in [4.69, 9.17) is 15.0 Å². The third-order valence-electron chi connectivity index (χ3n) is 17.5. The van der Waals surface area contributed by atoms with Gasteiger partial charge in [0.2, 0.25) is 0 Å². The Kier molecular flexibility index (Phi) is 12.8. The summed E-state index contributed by atoms with van der Waals surface area (Å²) in [5.41, 5.74) is 19.5. The molecule has 0 atom stereocenters. The number of aromatic nitrogens is 4. The summed E-state index contributed by atoms with van der Waals surface area (Å²) in [7, 11) is 0. The second kappa shape index (κ2) is 20.7. The highest BCUT2D eigenvalue weighted by atomic mass is 19.4. The van der Waals surface area contributed by atoms with Gasteiger partial charge in [0.05, 0.1) is 22.3 Å². The molecule has 88 heavy (non-hydrogen) atoms. The molecule has 0 unspecified atom stereocenters. The molecule has 13 aromatic rings. The molecule has 11 aromatic carbocycles. The van der Waals surface area contributed by atoms with E-state index in [1.54, 1.807) is 6.07 Å². The standard InChI is InChI=1S/C78H60BF3N6/c1-76(2,3)55-34-40-68-63(47-55)79-64-48-56(77(4,5)6)35-41-69(64)87(59-30-20-11-21-31-59)71-45-54(44-70(72(71)79)86(68)58-28-18-10-19-29-58)53-33-38-66-61(43-53)60-42-52(49-22-12-7-13-23-49)32-37-65(60)88(66)67-39-36-57(78(80,81)82)46-62(67)75-84-73(50-24-14-8-15-25-50)83-74(85-75)51-26-16-9-17-27-51/h7-48H,1-6H3. The SMILES string of the molecule is CC(C)(C)c1ccc2c(c1)B1c3cc(C(C)(C)C)ccc3N(c3ccccc3)c3cc(-c4ccc5c(c4)c4cc(-c6ccccc6)ccc4n5-c4ccc(C(F)(F)F)cc4-c4nc(-c5ccccc5)nc(-c5ccccc5)n4)cc(c31)N2c1ccccc1. The van der Waals surface area contributed by atoms with Crippen molar-refractivity contribution in [3.8, 4) is 62.1 Å². The summed E-state index contributed by atoms with van der Waals surface area (Å²) in [4.78, 5) is 19.9. The predicted octanol–water partition coefficient (Wildman–Crippen LogP) is 19.0. The molecule has 0 saturated carbocycles. The lowest BCUT2D eigenvalue weighted by Gasteiger charge is -2.45. The molecule has 15 rings (SSSR count). The molecule has 2 aliphatic heterocycles. The van der Waals surface area contributed by atoms with Crippen LogP contribution >= 0.6 is 0 Å². The van der Waals surface area contributed by atoms with Crippen molar-refractivity contribution < 1.29 is 13.2 Å². The Balaban J connectivity index is 1.01. The molecule has 0 aliphatic carbocycles. The number of nitrogens with zero attached hydrogens (tertiary/aromatic N) is 6. The number of hydrogen-bond acceptors (Lipinski definition) is 5. The van der Waals surface area contributed by atoms with Gasteiger partial charge in [-0.2, -0.15) is 13.2 Å². The molecule has 0 amide bonds. The van der Waals surface area contributed by atoms with Crippen molar-refractivity contribution in [2.75, 3.05) is 9.80 Å². The molecular formula is C78H60BF3N6. The minimum atomic E-state index is -4.67. The summed E-state index contributed by atoms with van der Waals surface area (Å²) < 4.78 is 47.6. The maximum absolute atomic E-state index is 15.2. The molecule has 426 valence electrons. The molecule has 0 bridgehead atoms. The Hall–Kier alpha value is -10.3. The van der Waals surface area contributed by atoms with Gasteiger partial charge >= 0.3 is 6.18 Å². The van der Waals surface area contributed by atoms with Gasteiger partial charge in [0.1, 0.15) is 0 Å². The molecular weight excluding hydrogens is 1090 g/mol. The van der Waals surface area contributed by atoms with Gasteiger partial charge in [0, 0.05) is 61.6 Å². The molecule has 0 fully saturated rings. The van der Waals surface area contributed by atoms with E-state index < -0.39 is 11.7 Å². The minimum Gasteiger partial charge on any atom is -0.311 e. The molecule has 6 nitrogen and oxygen atoms in total. The number of para-hydroxylation sites is 2. The maximum atomic E-state index is 15.2. The minimum absolute atomic E-state index is 0.108. The second-order valence-electron chi connectivity index (χ2n) is 25.2. The first-order valence-electron chi connectivity index (χ1n) is 29.9. The van der Waals surface area contributed by atoms with Crippen LogP contribution in [0.1, 0.15) is 58.2 Å². The molecule has 0 radical (unpaired) electrons. The fourth-order valence-electron chi connectivity index (χ4n) is 13.1. The maximum Gasteiger partial charge on any atom is 0.416 e. The van der Waals surface area contributed by atoms with E-state index in [1.807, 2.05) is 78.9 Å². The molecule has 0 N–H and O–H groups in total. The summed E-state index contributed by atoms with van der Waals surface area (Å²) >= 11 is 0. The normalized spacial score (nSPS) is 13.0. The Morgan fingerprint density at radius 2 is 0.727 bits per heavy atom. The molecule has 10 heteroatoms. The highest BCUT2D eigenvalue weighted by Crippen LogP contribution is 2.49. The zero-order chi connectivity index (χ0) is 60.2. The topological polar surface area (TPSA) is 50.1 Å². The molecule has 4 heterocycles. The van der Waals surface area contributed by atoms with Crippen LogP contribution in [-0.4, -0.2) is 26.2 Å². The smallest absolute Gasteiger partial charge is 0.311 e. The van der Waals surface area contributed by atoms with E-state index >= 15 is 13.2 Å². The van der Waals surface area contributed by atoms with Crippen LogP contribution in [0.4, 0.5) is 47.3 Å². The van der Waals surface area contributed by atoms with Crippen LogP contribution in [0, 0.1) is 0 Å². The van der Waals surface area contributed by atoms with Gasteiger partial charge in [0.25, 0.3) is 6.71 Å². The first-order chi connectivity index (χ1) is 42.5. The van der Waals surface area contributed by atoms with Crippen molar-refractivity contribution in [1.29, 1.82) is 0 Å². The predicted molar refractivity (Wildman–Crippen MR) is 358 cm³/mol. The first-order valence-corrected chi connectivity index (χ1v) is 29.9. The van der Waals surface area contributed by atoms with Crippen LogP contribution in [0.3, 0.4) is 0 Å². The van der Waals surface area contributed by atoms with Crippen molar-refractivity contribution in [2.24, 2.45) is 0 Å². The summed E-state index contributed by atoms with van der Waals surface area (Å²) in [5.74, 6) is 0.798. The van der Waals surface area contributed by atoms with Crippen molar-refractivity contribution in [3.05, 3.63) is 271 Å². The Labute approximate surface area is 511 Å². The summed E-state index contributed by atoms with van der Waals surface area (Å²) in [6, 6.07) is 86.4. The van der Waals surface area contributed by atoms with E-state index in [0.29, 0.717) is 28.5 Å². The van der Waals surface area contributed by atoms with E-state index in [1.165, 1.54) is 33.6 Å². The van der Waals surface area contributed by atoms with Crippen LogP contribution in [0.2, 0.25) is 0 Å². The summed E-state index contributed by atoms with van der Waals surface area (Å²) in [5, 5.41) is 1.85. The largest absolute Gasteiger partial charge is 0.416 e. The van der Waals surface area contributed by atoms with Gasteiger partial charge < -0.3 is 14.4 Å². The average molecular weight is 1150 g/mol. The fraction of sp³-hybridized carbons (Fsp3) is 0.115. The lowest BCUT2D eigenvalue weighted by Crippen LogP contribution is -2.61. The highest BCUT2D eigenvalue weighted by molar-refractivity contribution is 7.00. The lowest BCUT2D eigenvalue weighted by molar-refractivity contribution is -0.137. The zero-order valence-corrected chi connectivity index (χ0v) is 49.6. The highest BCUT2D eigenvalue weighted by Gasteiger charge is 2.45. The first kappa shape index (κ1) is 54.3. The van der Waals surface area contributed by atoms with Crippen molar-refractivity contribution >= 4 is 79.0 Å². The van der Waals surface area contributed by atoms with E-state index in [2.05, 4.69) is 214 Å². The van der Waals surface area contributed by atoms with E-state index in [9.17, 15) is 0 Å².